The Balaban J connectivity index is 1.54. The smallest absolute Gasteiger partial charge is 0.369 e. The molecule has 2 heterocycles. The summed E-state index contributed by atoms with van der Waals surface area (Å²) in [7, 11) is 0. The summed E-state index contributed by atoms with van der Waals surface area (Å²) in [4.78, 5) is 25.9. The molecule has 3 aromatic rings. The number of nitrogens with zero attached hydrogens (tertiary/aromatic N) is 4. The summed E-state index contributed by atoms with van der Waals surface area (Å²) in [6.45, 7) is 1.87. The number of hydrogen-bond acceptors (Lipinski definition) is 6. The third-order valence-corrected chi connectivity index (χ3v) is 8.34. The van der Waals surface area contributed by atoms with Crippen molar-refractivity contribution in [3.63, 3.8) is 0 Å². The van der Waals surface area contributed by atoms with E-state index in [1.807, 2.05) is 11.5 Å². The van der Waals surface area contributed by atoms with Gasteiger partial charge in [0.1, 0.15) is 5.52 Å². The van der Waals surface area contributed by atoms with Crippen molar-refractivity contribution in [1.82, 2.24) is 19.5 Å². The predicted molar refractivity (Wildman–Crippen MR) is 141 cm³/mol. The second-order valence-corrected chi connectivity index (χ2v) is 11.2. The Labute approximate surface area is 227 Å². The molecule has 0 aliphatic heterocycles. The highest BCUT2D eigenvalue weighted by molar-refractivity contribution is 6.39. The van der Waals surface area contributed by atoms with Crippen LogP contribution in [0.4, 0.5) is 30.8 Å². The van der Waals surface area contributed by atoms with E-state index in [-0.39, 0.29) is 27.7 Å². The molecular weight excluding hydrogens is 542 g/mol. The number of aromatic nitrogens is 4. The number of halogens is 5. The summed E-state index contributed by atoms with van der Waals surface area (Å²) >= 11 is 12.5. The first kappa shape index (κ1) is 26.8. The van der Waals surface area contributed by atoms with Crippen LogP contribution in [0.5, 0.6) is 0 Å². The molecule has 5 rings (SSSR count). The molecule has 0 radical (unpaired) electrons. The molecule has 0 spiro atoms. The lowest BCUT2D eigenvalue weighted by Gasteiger charge is -2.35. The molecule has 2 aliphatic rings. The van der Waals surface area contributed by atoms with Crippen LogP contribution in [-0.2, 0) is 11.0 Å². The van der Waals surface area contributed by atoms with Gasteiger partial charge in [0.15, 0.2) is 5.65 Å². The monoisotopic (exact) mass is 569 g/mol. The SMILES string of the molecule is CC1(C(N)=O)CCC(n2c(Nc3c(Cl)cc(C(F)(F)F)cc3Cl)nc3cnc(NC4CCCC4)nc32)CC1. The highest BCUT2D eigenvalue weighted by atomic mass is 35.5. The summed E-state index contributed by atoms with van der Waals surface area (Å²) in [5, 5.41) is 6.06. The zero-order valence-corrected chi connectivity index (χ0v) is 22.2. The van der Waals surface area contributed by atoms with Crippen LogP contribution in [0, 0.1) is 5.41 Å². The van der Waals surface area contributed by atoms with Gasteiger partial charge in [-0.2, -0.15) is 18.2 Å². The molecule has 1 amide bonds. The van der Waals surface area contributed by atoms with Crippen LogP contribution in [0.1, 0.15) is 69.9 Å². The fraction of sp³-hybridized carbons (Fsp3) is 0.520. The first-order valence-electron chi connectivity index (χ1n) is 12.6. The Hall–Kier alpha value is -2.79. The van der Waals surface area contributed by atoms with Crippen LogP contribution in [0.25, 0.3) is 11.2 Å². The second kappa shape index (κ2) is 10.1. The summed E-state index contributed by atoms with van der Waals surface area (Å²) < 4.78 is 41.6. The molecule has 2 aliphatic carbocycles. The molecule has 0 bridgehead atoms. The van der Waals surface area contributed by atoms with E-state index in [1.54, 1.807) is 6.20 Å². The van der Waals surface area contributed by atoms with Crippen molar-refractivity contribution in [3.05, 3.63) is 33.9 Å². The largest absolute Gasteiger partial charge is 0.416 e. The number of benzene rings is 1. The number of fused-ring (bicyclic) bond motifs is 1. The first-order valence-corrected chi connectivity index (χ1v) is 13.3. The van der Waals surface area contributed by atoms with Crippen LogP contribution < -0.4 is 16.4 Å². The van der Waals surface area contributed by atoms with E-state index in [0.29, 0.717) is 54.8 Å². The molecular formula is C25H28Cl2F3N7O. The van der Waals surface area contributed by atoms with Gasteiger partial charge in [-0.15, -0.1) is 0 Å². The number of anilines is 3. The van der Waals surface area contributed by atoms with Crippen LogP contribution in [0.3, 0.4) is 0 Å². The molecule has 0 saturated heterocycles. The second-order valence-electron chi connectivity index (χ2n) is 10.4. The van der Waals surface area contributed by atoms with Crippen LogP contribution >= 0.6 is 23.2 Å². The number of alkyl halides is 3. The topological polar surface area (TPSA) is 111 Å². The maximum Gasteiger partial charge on any atom is 0.416 e. The lowest BCUT2D eigenvalue weighted by atomic mass is 9.73. The van der Waals surface area contributed by atoms with Gasteiger partial charge in [-0.25, -0.2) is 9.97 Å². The lowest BCUT2D eigenvalue weighted by Crippen LogP contribution is -2.38. The summed E-state index contributed by atoms with van der Waals surface area (Å²) in [5.41, 5.74) is 5.28. The van der Waals surface area contributed by atoms with Crippen molar-refractivity contribution in [3.8, 4) is 0 Å². The summed E-state index contributed by atoms with van der Waals surface area (Å²) in [6, 6.07) is 1.85. The molecule has 0 unspecified atom stereocenters. The van der Waals surface area contributed by atoms with E-state index in [0.717, 1.165) is 37.8 Å². The predicted octanol–water partition coefficient (Wildman–Crippen LogP) is 6.86. The molecule has 2 saturated carbocycles. The molecule has 2 aromatic heterocycles. The molecule has 2 fully saturated rings. The van der Waals surface area contributed by atoms with E-state index in [2.05, 4.69) is 20.6 Å². The van der Waals surface area contributed by atoms with Crippen molar-refractivity contribution >= 4 is 57.9 Å². The number of hydrogen-bond donors (Lipinski definition) is 3. The third-order valence-electron chi connectivity index (χ3n) is 7.75. The van der Waals surface area contributed by atoms with E-state index >= 15 is 0 Å². The van der Waals surface area contributed by atoms with Gasteiger partial charge in [0.25, 0.3) is 0 Å². The maximum atomic E-state index is 13.2. The highest BCUT2D eigenvalue weighted by Gasteiger charge is 2.38. The molecule has 38 heavy (non-hydrogen) atoms. The number of carbonyl (C=O) groups is 1. The molecule has 0 atom stereocenters. The number of carbonyl (C=O) groups excluding carboxylic acids is 1. The van der Waals surface area contributed by atoms with Crippen LogP contribution in [0.15, 0.2) is 18.3 Å². The van der Waals surface area contributed by atoms with Gasteiger partial charge < -0.3 is 16.4 Å². The Morgan fingerprint density at radius 3 is 2.32 bits per heavy atom. The van der Waals surface area contributed by atoms with Crippen molar-refractivity contribution in [2.24, 2.45) is 11.1 Å². The van der Waals surface area contributed by atoms with Gasteiger partial charge in [-0.05, 0) is 50.7 Å². The summed E-state index contributed by atoms with van der Waals surface area (Å²) in [6.07, 6.45) is 3.84. The fourth-order valence-electron chi connectivity index (χ4n) is 5.36. The minimum absolute atomic E-state index is 0.101. The van der Waals surface area contributed by atoms with Gasteiger partial charge >= 0.3 is 6.18 Å². The zero-order valence-electron chi connectivity index (χ0n) is 20.7. The Kier molecular flexibility index (Phi) is 7.10. The van der Waals surface area contributed by atoms with E-state index in [4.69, 9.17) is 33.9 Å². The number of primary amides is 1. The summed E-state index contributed by atoms with van der Waals surface area (Å²) in [5.74, 6) is 0.475. The van der Waals surface area contributed by atoms with Crippen molar-refractivity contribution in [2.45, 2.75) is 76.6 Å². The fourth-order valence-corrected chi connectivity index (χ4v) is 5.94. The van der Waals surface area contributed by atoms with Crippen molar-refractivity contribution in [2.75, 3.05) is 10.6 Å². The van der Waals surface area contributed by atoms with E-state index < -0.39 is 17.2 Å². The van der Waals surface area contributed by atoms with Gasteiger partial charge in [0, 0.05) is 17.5 Å². The minimum atomic E-state index is -4.59. The van der Waals surface area contributed by atoms with Gasteiger partial charge in [0.05, 0.1) is 27.5 Å². The average Bonchev–Trinajstić information content (AvgIpc) is 3.48. The van der Waals surface area contributed by atoms with Crippen molar-refractivity contribution < 1.29 is 18.0 Å². The minimum Gasteiger partial charge on any atom is -0.369 e. The van der Waals surface area contributed by atoms with E-state index in [1.165, 1.54) is 0 Å². The van der Waals surface area contributed by atoms with Crippen LogP contribution in [-0.4, -0.2) is 31.5 Å². The number of imidazole rings is 1. The Bertz CT molecular complexity index is 1340. The normalized spacial score (nSPS) is 22.6. The average molecular weight is 570 g/mol. The van der Waals surface area contributed by atoms with Crippen LogP contribution in [0.2, 0.25) is 10.0 Å². The van der Waals surface area contributed by atoms with Gasteiger partial charge in [0.2, 0.25) is 17.8 Å². The Morgan fingerprint density at radius 2 is 1.74 bits per heavy atom. The quantitative estimate of drug-likeness (QED) is 0.299. The van der Waals surface area contributed by atoms with Crippen molar-refractivity contribution in [1.29, 1.82) is 0 Å². The number of nitrogens with two attached hydrogens (primary N) is 1. The first-order chi connectivity index (χ1) is 17.9. The highest BCUT2D eigenvalue weighted by Crippen LogP contribution is 2.44. The number of nitrogens with one attached hydrogen (secondary N) is 2. The number of rotatable bonds is 6. The Morgan fingerprint density at radius 1 is 1.11 bits per heavy atom. The van der Waals surface area contributed by atoms with Gasteiger partial charge in [-0.1, -0.05) is 43.0 Å². The maximum absolute atomic E-state index is 13.2. The molecule has 8 nitrogen and oxygen atoms in total. The molecule has 204 valence electrons. The molecule has 4 N–H and O–H groups in total. The number of amides is 1. The zero-order chi connectivity index (χ0) is 27.2. The standard InChI is InChI=1S/C25H28Cl2F3N7O/c1-24(21(31)38)8-6-15(7-9-24)37-20-18(12-32-22(36-20)33-14-4-2-3-5-14)34-23(37)35-19-16(26)10-13(11-17(19)27)25(28,29)30/h10-12,14-15H,2-9H2,1H3,(H2,31,38)(H,34,35)(H,32,33,36). The van der Waals surface area contributed by atoms with E-state index in [9.17, 15) is 18.0 Å². The molecule has 1 aromatic carbocycles. The lowest BCUT2D eigenvalue weighted by molar-refractivity contribution is -0.137. The molecule has 13 heteroatoms. The third kappa shape index (κ3) is 5.22. The van der Waals surface area contributed by atoms with Gasteiger partial charge in [-0.3, -0.25) is 9.36 Å².